The topological polar surface area (TPSA) is 25.8 Å². The second kappa shape index (κ2) is 5.21. The SMILES string of the molecule is [CH2]CC=CC=Cc1nncc2ccccc12. The fourth-order valence-corrected chi connectivity index (χ4v) is 1.49. The molecule has 0 amide bonds. The maximum atomic E-state index is 4.12. The van der Waals surface area contributed by atoms with E-state index in [2.05, 4.69) is 23.2 Å². The van der Waals surface area contributed by atoms with Gasteiger partial charge in [0.05, 0.1) is 11.9 Å². The molecule has 1 heterocycles. The van der Waals surface area contributed by atoms with Crippen LogP contribution in [0.4, 0.5) is 0 Å². The van der Waals surface area contributed by atoms with E-state index >= 15 is 0 Å². The van der Waals surface area contributed by atoms with E-state index in [1.54, 1.807) is 6.20 Å². The van der Waals surface area contributed by atoms with E-state index in [0.717, 1.165) is 22.9 Å². The number of benzene rings is 1. The summed E-state index contributed by atoms with van der Waals surface area (Å²) in [4.78, 5) is 0. The molecule has 0 saturated heterocycles. The lowest BCUT2D eigenvalue weighted by Crippen LogP contribution is -1.87. The first kappa shape index (κ1) is 10.6. The predicted octanol–water partition coefficient (Wildman–Crippen LogP) is 3.42. The largest absolute Gasteiger partial charge is 0.158 e. The summed E-state index contributed by atoms with van der Waals surface area (Å²) in [5, 5.41) is 10.3. The Labute approximate surface area is 95.3 Å². The zero-order chi connectivity index (χ0) is 11.2. The lowest BCUT2D eigenvalue weighted by molar-refractivity contribution is 1.04. The van der Waals surface area contributed by atoms with Crippen molar-refractivity contribution >= 4 is 16.8 Å². The summed E-state index contributed by atoms with van der Waals surface area (Å²) in [6.45, 7) is 3.73. The maximum Gasteiger partial charge on any atom is 0.0935 e. The molecule has 16 heavy (non-hydrogen) atoms. The minimum atomic E-state index is 0.797. The van der Waals surface area contributed by atoms with E-state index in [-0.39, 0.29) is 0 Å². The third kappa shape index (κ3) is 2.34. The standard InChI is InChI=1S/C14H13N2/c1-2-3-4-5-10-14-13-9-7-6-8-12(13)11-15-16-14/h3-11H,1-2H2. The Morgan fingerprint density at radius 3 is 2.94 bits per heavy atom. The number of aromatic nitrogens is 2. The Hall–Kier alpha value is -1.96. The molecule has 0 aliphatic heterocycles. The van der Waals surface area contributed by atoms with Gasteiger partial charge in [0.1, 0.15) is 0 Å². The van der Waals surface area contributed by atoms with Crippen LogP contribution in [0.3, 0.4) is 0 Å². The molecular formula is C14H13N2. The highest BCUT2D eigenvalue weighted by molar-refractivity contribution is 5.88. The van der Waals surface area contributed by atoms with E-state index in [1.807, 2.05) is 42.5 Å². The molecule has 2 nitrogen and oxygen atoms in total. The molecule has 0 aliphatic carbocycles. The van der Waals surface area contributed by atoms with Gasteiger partial charge in [0.25, 0.3) is 0 Å². The van der Waals surface area contributed by atoms with E-state index in [4.69, 9.17) is 0 Å². The van der Waals surface area contributed by atoms with E-state index in [9.17, 15) is 0 Å². The van der Waals surface area contributed by atoms with Gasteiger partial charge < -0.3 is 0 Å². The maximum absolute atomic E-state index is 4.12. The van der Waals surface area contributed by atoms with E-state index < -0.39 is 0 Å². The smallest absolute Gasteiger partial charge is 0.0935 e. The Kier molecular flexibility index (Phi) is 3.44. The van der Waals surface area contributed by atoms with E-state index in [0.29, 0.717) is 0 Å². The Balaban J connectivity index is 2.37. The van der Waals surface area contributed by atoms with Gasteiger partial charge in [-0.3, -0.25) is 0 Å². The zero-order valence-corrected chi connectivity index (χ0v) is 9.00. The van der Waals surface area contributed by atoms with Crippen molar-refractivity contribution in [2.75, 3.05) is 0 Å². The van der Waals surface area contributed by atoms with Crippen LogP contribution in [0.15, 0.2) is 48.7 Å². The summed E-state index contributed by atoms with van der Waals surface area (Å²) in [6, 6.07) is 8.09. The van der Waals surface area contributed by atoms with Crippen molar-refractivity contribution in [1.29, 1.82) is 0 Å². The van der Waals surface area contributed by atoms with Crippen LogP contribution in [0.1, 0.15) is 12.1 Å². The highest BCUT2D eigenvalue weighted by Gasteiger charge is 1.97. The highest BCUT2D eigenvalue weighted by atomic mass is 15.1. The van der Waals surface area contributed by atoms with Gasteiger partial charge in [0.2, 0.25) is 0 Å². The fraction of sp³-hybridized carbons (Fsp3) is 0.0714. The van der Waals surface area contributed by atoms with Gasteiger partial charge in [-0.05, 0) is 19.4 Å². The first-order valence-electron chi connectivity index (χ1n) is 5.24. The molecule has 2 aromatic rings. The van der Waals surface area contributed by atoms with Crippen LogP contribution in [-0.4, -0.2) is 10.2 Å². The molecule has 0 spiro atoms. The zero-order valence-electron chi connectivity index (χ0n) is 9.00. The van der Waals surface area contributed by atoms with Crippen LogP contribution in [-0.2, 0) is 0 Å². The number of allylic oxidation sites excluding steroid dienone is 3. The van der Waals surface area contributed by atoms with Crippen LogP contribution in [0, 0.1) is 6.92 Å². The molecule has 79 valence electrons. The summed E-state index contributed by atoms with van der Waals surface area (Å²) in [7, 11) is 0. The first-order chi connectivity index (χ1) is 7.92. The first-order valence-corrected chi connectivity index (χ1v) is 5.24. The second-order valence-corrected chi connectivity index (χ2v) is 3.39. The molecule has 2 rings (SSSR count). The average molecular weight is 209 g/mol. The van der Waals surface area contributed by atoms with Crippen molar-refractivity contribution in [2.24, 2.45) is 0 Å². The third-order valence-electron chi connectivity index (χ3n) is 2.27. The van der Waals surface area contributed by atoms with Crippen LogP contribution in [0.5, 0.6) is 0 Å². The number of fused-ring (bicyclic) bond motifs is 1. The molecule has 1 radical (unpaired) electrons. The van der Waals surface area contributed by atoms with Gasteiger partial charge in [-0.2, -0.15) is 10.2 Å². The lowest BCUT2D eigenvalue weighted by atomic mass is 10.1. The average Bonchev–Trinajstić information content (AvgIpc) is 2.35. The monoisotopic (exact) mass is 209 g/mol. The van der Waals surface area contributed by atoms with Crippen molar-refractivity contribution in [2.45, 2.75) is 6.42 Å². The molecule has 0 atom stereocenters. The summed E-state index contributed by atoms with van der Waals surface area (Å²) in [5.41, 5.74) is 0.895. The third-order valence-corrected chi connectivity index (χ3v) is 2.27. The number of hydrogen-bond donors (Lipinski definition) is 0. The van der Waals surface area contributed by atoms with Crippen molar-refractivity contribution in [1.82, 2.24) is 10.2 Å². The summed E-state index contributed by atoms with van der Waals surface area (Å²) < 4.78 is 0. The van der Waals surface area contributed by atoms with Crippen molar-refractivity contribution in [3.8, 4) is 0 Å². The molecule has 2 heteroatoms. The molecule has 0 saturated carbocycles. The van der Waals surface area contributed by atoms with Gasteiger partial charge in [-0.1, -0.05) is 42.5 Å². The fourth-order valence-electron chi connectivity index (χ4n) is 1.49. The molecule has 0 aliphatic rings. The summed E-state index contributed by atoms with van der Waals surface area (Å²) >= 11 is 0. The van der Waals surface area contributed by atoms with Gasteiger partial charge in [-0.15, -0.1) is 0 Å². The van der Waals surface area contributed by atoms with Crippen LogP contribution in [0.25, 0.3) is 16.8 Å². The van der Waals surface area contributed by atoms with Crippen molar-refractivity contribution < 1.29 is 0 Å². The minimum absolute atomic E-state index is 0.797. The number of nitrogens with zero attached hydrogens (tertiary/aromatic N) is 2. The summed E-state index contributed by atoms with van der Waals surface area (Å²) in [5.74, 6) is 0. The summed E-state index contributed by atoms with van der Waals surface area (Å²) in [6.07, 6.45) is 10.5. The number of hydrogen-bond acceptors (Lipinski definition) is 2. The van der Waals surface area contributed by atoms with Gasteiger partial charge >= 0.3 is 0 Å². The van der Waals surface area contributed by atoms with Crippen LogP contribution in [0.2, 0.25) is 0 Å². The minimum Gasteiger partial charge on any atom is -0.158 e. The normalized spacial score (nSPS) is 11.8. The predicted molar refractivity (Wildman–Crippen MR) is 67.7 cm³/mol. The Morgan fingerprint density at radius 1 is 1.19 bits per heavy atom. The van der Waals surface area contributed by atoms with Crippen LogP contribution < -0.4 is 0 Å². The second-order valence-electron chi connectivity index (χ2n) is 3.39. The molecule has 0 fully saturated rings. The van der Waals surface area contributed by atoms with E-state index in [1.165, 1.54) is 0 Å². The molecule has 0 unspecified atom stereocenters. The molecule has 0 N–H and O–H groups in total. The highest BCUT2D eigenvalue weighted by Crippen LogP contribution is 2.15. The van der Waals surface area contributed by atoms with Crippen molar-refractivity contribution in [3.05, 3.63) is 61.3 Å². The number of rotatable bonds is 3. The molecule has 0 bridgehead atoms. The molecule has 1 aromatic carbocycles. The van der Waals surface area contributed by atoms with Crippen LogP contribution >= 0.6 is 0 Å². The Morgan fingerprint density at radius 2 is 2.06 bits per heavy atom. The lowest BCUT2D eigenvalue weighted by Gasteiger charge is -1.98. The van der Waals surface area contributed by atoms with Gasteiger partial charge in [-0.25, -0.2) is 0 Å². The van der Waals surface area contributed by atoms with Gasteiger partial charge in [0.15, 0.2) is 0 Å². The molecule has 1 aromatic heterocycles. The van der Waals surface area contributed by atoms with Crippen molar-refractivity contribution in [3.63, 3.8) is 0 Å². The quantitative estimate of drug-likeness (QED) is 0.724. The Bertz CT molecular complexity index is 522. The van der Waals surface area contributed by atoms with Gasteiger partial charge in [0, 0.05) is 10.8 Å². The molecular weight excluding hydrogens is 196 g/mol.